The van der Waals surface area contributed by atoms with Gasteiger partial charge in [-0.3, -0.25) is 0 Å². The molecule has 41 heavy (non-hydrogen) atoms. The fraction of sp³-hybridized carbons (Fsp3) is 0.393. The van der Waals surface area contributed by atoms with Crippen molar-refractivity contribution < 1.29 is 32.7 Å². The molecule has 3 aromatic rings. The standard InChI is InChI=1S/C28H31N3O7S3/c29-15-24(41(35,36)30-16-26-28(33)25(32)13-22(38-26)17-39-34)14-23-5-6-27(40-23)20-2-1-19-12-21(4-3-18(19)11-20)31-7-9-37-10-8-31/h1-6,11-12,14,22,25-26,28,30,32-34H,7-10,13,16-17H2/b24-14+/t22?,25-,26-,28+/m1/s1. The van der Waals surface area contributed by atoms with Crippen molar-refractivity contribution >= 4 is 55.9 Å². The average molecular weight is 618 g/mol. The van der Waals surface area contributed by atoms with Gasteiger partial charge in [-0.15, -0.1) is 11.3 Å². The first-order valence-electron chi connectivity index (χ1n) is 13.1. The van der Waals surface area contributed by atoms with E-state index in [1.807, 2.05) is 12.1 Å². The number of thiophene rings is 1. The summed E-state index contributed by atoms with van der Waals surface area (Å²) in [6, 6.07) is 18.0. The van der Waals surface area contributed by atoms with E-state index < -0.39 is 39.3 Å². The molecule has 2 fully saturated rings. The van der Waals surface area contributed by atoms with E-state index in [9.17, 15) is 23.9 Å². The molecule has 0 saturated carbocycles. The number of nitriles is 1. The predicted molar refractivity (Wildman–Crippen MR) is 161 cm³/mol. The summed E-state index contributed by atoms with van der Waals surface area (Å²) in [4.78, 5) is 3.35. The maximum atomic E-state index is 12.9. The smallest absolute Gasteiger partial charge is 0.250 e. The normalized spacial score (nSPS) is 24.0. The molecule has 1 unspecified atom stereocenters. The van der Waals surface area contributed by atoms with Gasteiger partial charge >= 0.3 is 0 Å². The minimum atomic E-state index is -4.22. The number of fused-ring (bicyclic) bond motifs is 1. The molecule has 4 atom stereocenters. The lowest BCUT2D eigenvalue weighted by molar-refractivity contribution is -0.158. The monoisotopic (exact) mass is 617 g/mol. The molecule has 5 rings (SSSR count). The molecule has 10 nitrogen and oxygen atoms in total. The van der Waals surface area contributed by atoms with Crippen LogP contribution < -0.4 is 9.62 Å². The molecule has 1 aromatic heterocycles. The van der Waals surface area contributed by atoms with Crippen LogP contribution in [0.5, 0.6) is 0 Å². The van der Waals surface area contributed by atoms with Crippen LogP contribution in [-0.4, -0.2) is 86.2 Å². The fourth-order valence-corrected chi connectivity index (χ4v) is 7.30. The largest absolute Gasteiger partial charge is 0.390 e. The van der Waals surface area contributed by atoms with Crippen LogP contribution in [0.3, 0.4) is 0 Å². The van der Waals surface area contributed by atoms with Gasteiger partial charge in [-0.1, -0.05) is 18.2 Å². The van der Waals surface area contributed by atoms with Gasteiger partial charge in [0.1, 0.15) is 12.2 Å². The topological polar surface area (TPSA) is 152 Å². The lowest BCUT2D eigenvalue weighted by Crippen LogP contribution is -2.53. The van der Waals surface area contributed by atoms with Gasteiger partial charge < -0.3 is 29.1 Å². The van der Waals surface area contributed by atoms with E-state index in [1.165, 1.54) is 23.1 Å². The van der Waals surface area contributed by atoms with Gasteiger partial charge in [0.25, 0.3) is 10.0 Å². The number of morpholine rings is 1. The molecule has 0 radical (unpaired) electrons. The highest BCUT2D eigenvalue weighted by Crippen LogP contribution is 2.33. The lowest BCUT2D eigenvalue weighted by atomic mass is 9.98. The van der Waals surface area contributed by atoms with E-state index in [4.69, 9.17) is 14.0 Å². The predicted octanol–water partition coefficient (Wildman–Crippen LogP) is 3.27. The molecule has 4 N–H and O–H groups in total. The van der Waals surface area contributed by atoms with Crippen molar-refractivity contribution in [2.24, 2.45) is 0 Å². The van der Waals surface area contributed by atoms with Crippen molar-refractivity contribution in [2.45, 2.75) is 30.8 Å². The first kappa shape index (κ1) is 30.0. The van der Waals surface area contributed by atoms with E-state index in [0.29, 0.717) is 16.9 Å². The Hall–Kier alpha value is -2.51. The SMILES string of the molecule is N#C/C(=C\c1ccc(-c2ccc3cc(N4CCOCC4)ccc3c2)s1)S(=O)(=O)NC[C@H]1OC(CSO)C[C@@H](O)[C@@H]1O. The van der Waals surface area contributed by atoms with Crippen LogP contribution >= 0.6 is 23.4 Å². The molecule has 3 heterocycles. The van der Waals surface area contributed by atoms with Crippen molar-refractivity contribution in [1.82, 2.24) is 4.72 Å². The highest BCUT2D eigenvalue weighted by Gasteiger charge is 2.37. The molecule has 0 spiro atoms. The van der Waals surface area contributed by atoms with Crippen LogP contribution in [0.4, 0.5) is 5.69 Å². The van der Waals surface area contributed by atoms with Crippen molar-refractivity contribution in [3.05, 3.63) is 58.3 Å². The van der Waals surface area contributed by atoms with E-state index >= 15 is 0 Å². The van der Waals surface area contributed by atoms with E-state index in [1.54, 1.807) is 12.1 Å². The molecular weight excluding hydrogens is 587 g/mol. The van der Waals surface area contributed by atoms with Crippen molar-refractivity contribution in [3.8, 4) is 16.5 Å². The zero-order chi connectivity index (χ0) is 29.0. The Balaban J connectivity index is 1.28. The molecule has 0 amide bonds. The van der Waals surface area contributed by atoms with Gasteiger partial charge in [0, 0.05) is 47.2 Å². The van der Waals surface area contributed by atoms with Gasteiger partial charge in [0.05, 0.1) is 31.5 Å². The van der Waals surface area contributed by atoms with Crippen LogP contribution in [-0.2, 0) is 19.5 Å². The molecule has 13 heteroatoms. The first-order chi connectivity index (χ1) is 19.8. The summed E-state index contributed by atoms with van der Waals surface area (Å²) in [7, 11) is -4.22. The Labute approximate surface area is 247 Å². The Morgan fingerprint density at radius 2 is 1.90 bits per heavy atom. The number of benzene rings is 2. The number of sulfonamides is 1. The zero-order valence-electron chi connectivity index (χ0n) is 22.0. The quantitative estimate of drug-likeness (QED) is 0.208. The number of hydrogen-bond donors (Lipinski definition) is 4. The molecule has 2 aliphatic rings. The Morgan fingerprint density at radius 1 is 1.15 bits per heavy atom. The highest BCUT2D eigenvalue weighted by atomic mass is 32.2. The molecular formula is C28H31N3O7S3. The van der Waals surface area contributed by atoms with Gasteiger partial charge in [-0.25, -0.2) is 13.1 Å². The number of allylic oxidation sites excluding steroid dienone is 1. The van der Waals surface area contributed by atoms with E-state index in [-0.39, 0.29) is 18.7 Å². The second-order valence-corrected chi connectivity index (χ2v) is 13.3. The summed E-state index contributed by atoms with van der Waals surface area (Å²) >= 11 is 1.91. The second kappa shape index (κ2) is 13.2. The Kier molecular flexibility index (Phi) is 9.65. The number of nitrogens with one attached hydrogen (secondary N) is 1. The Bertz CT molecular complexity index is 1550. The molecule has 0 aliphatic carbocycles. The fourth-order valence-electron chi connectivity index (χ4n) is 4.96. The molecule has 2 saturated heterocycles. The number of anilines is 1. The first-order valence-corrected chi connectivity index (χ1v) is 16.4. The van der Waals surface area contributed by atoms with Crippen LogP contribution in [0.15, 0.2) is 53.4 Å². The van der Waals surface area contributed by atoms with Crippen molar-refractivity contribution in [2.75, 3.05) is 43.5 Å². The lowest BCUT2D eigenvalue weighted by Gasteiger charge is -2.36. The van der Waals surface area contributed by atoms with Gasteiger partial charge in [-0.05, 0) is 64.8 Å². The van der Waals surface area contributed by atoms with Gasteiger partial charge in [0.2, 0.25) is 0 Å². The number of nitrogens with zero attached hydrogens (tertiary/aromatic N) is 2. The van der Waals surface area contributed by atoms with Crippen LogP contribution in [0.1, 0.15) is 11.3 Å². The number of rotatable bonds is 9. The summed E-state index contributed by atoms with van der Waals surface area (Å²) in [5, 5.41) is 32.2. The maximum Gasteiger partial charge on any atom is 0.250 e. The third-order valence-electron chi connectivity index (χ3n) is 7.17. The highest BCUT2D eigenvalue weighted by molar-refractivity contribution is 7.94. The minimum Gasteiger partial charge on any atom is -0.390 e. The minimum absolute atomic E-state index is 0.120. The van der Waals surface area contributed by atoms with Crippen molar-refractivity contribution in [3.63, 3.8) is 0 Å². The van der Waals surface area contributed by atoms with E-state index in [0.717, 1.165) is 47.5 Å². The molecule has 2 aromatic carbocycles. The third kappa shape index (κ3) is 7.11. The summed E-state index contributed by atoms with van der Waals surface area (Å²) in [5.41, 5.74) is 2.15. The summed E-state index contributed by atoms with van der Waals surface area (Å²) in [6.45, 7) is 2.85. The summed E-state index contributed by atoms with van der Waals surface area (Å²) < 4.78 is 48.3. The number of hydrogen-bond acceptors (Lipinski definition) is 11. The third-order valence-corrected chi connectivity index (χ3v) is 10.1. The molecule has 218 valence electrons. The zero-order valence-corrected chi connectivity index (χ0v) is 24.5. The van der Waals surface area contributed by atoms with Gasteiger partial charge in [0.15, 0.2) is 4.91 Å². The molecule has 2 aliphatic heterocycles. The number of ether oxygens (including phenoxy) is 2. The second-order valence-electron chi connectivity index (χ2n) is 9.91. The number of aliphatic hydroxyl groups excluding tert-OH is 2. The van der Waals surface area contributed by atoms with Gasteiger partial charge in [-0.2, -0.15) is 5.26 Å². The molecule has 0 bridgehead atoms. The Morgan fingerprint density at radius 3 is 2.66 bits per heavy atom. The van der Waals surface area contributed by atoms with Crippen LogP contribution in [0.25, 0.3) is 27.3 Å². The van der Waals surface area contributed by atoms with E-state index in [2.05, 4.69) is 40.0 Å². The van der Waals surface area contributed by atoms with Crippen LogP contribution in [0.2, 0.25) is 0 Å². The van der Waals surface area contributed by atoms with Crippen LogP contribution in [0, 0.1) is 11.3 Å². The summed E-state index contributed by atoms with van der Waals surface area (Å²) in [6.07, 6.45) is -2.57. The maximum absolute atomic E-state index is 12.9. The number of aliphatic hydroxyl groups is 2. The summed E-state index contributed by atoms with van der Waals surface area (Å²) in [5.74, 6) is 0.170. The van der Waals surface area contributed by atoms with Crippen molar-refractivity contribution in [1.29, 1.82) is 5.26 Å². The average Bonchev–Trinajstić information content (AvgIpc) is 3.45.